The number of aldehydes is 1. The van der Waals surface area contributed by atoms with Crippen molar-refractivity contribution in [2.45, 2.75) is 39.2 Å². The van der Waals surface area contributed by atoms with Gasteiger partial charge in [0.1, 0.15) is 6.29 Å². The molecule has 0 spiro atoms. The van der Waals surface area contributed by atoms with Crippen molar-refractivity contribution in [3.05, 3.63) is 41.8 Å². The van der Waals surface area contributed by atoms with Crippen LogP contribution >= 0.6 is 0 Å². The molecule has 0 atom stereocenters. The number of halogens is 2. The summed E-state index contributed by atoms with van der Waals surface area (Å²) in [7, 11) is 2.15. The third kappa shape index (κ3) is 6.45. The Kier molecular flexibility index (Phi) is 7.88. The Labute approximate surface area is 178 Å². The van der Waals surface area contributed by atoms with Crippen molar-refractivity contribution in [3.8, 4) is 11.5 Å². The first-order chi connectivity index (χ1) is 15.0. The van der Waals surface area contributed by atoms with E-state index in [1.807, 2.05) is 6.20 Å². The number of hydrogen-bond donors (Lipinski definition) is 0. The van der Waals surface area contributed by atoms with Crippen molar-refractivity contribution in [1.82, 2.24) is 35.1 Å². The molecule has 4 heterocycles. The molecule has 1 aliphatic heterocycles. The Morgan fingerprint density at radius 3 is 2.55 bits per heavy atom. The van der Waals surface area contributed by atoms with Gasteiger partial charge in [-0.15, -0.1) is 15.3 Å². The number of pyridine rings is 1. The molecule has 3 aromatic rings. The second-order valence-corrected chi connectivity index (χ2v) is 7.38. The van der Waals surface area contributed by atoms with Gasteiger partial charge >= 0.3 is 6.43 Å². The number of carbonyl (C=O) groups excluding carboxylic acids is 1. The molecule has 1 saturated heterocycles. The highest BCUT2D eigenvalue weighted by Crippen LogP contribution is 2.23. The molecule has 1 fully saturated rings. The summed E-state index contributed by atoms with van der Waals surface area (Å²) in [6.07, 6.45) is 4.77. The summed E-state index contributed by atoms with van der Waals surface area (Å²) in [6, 6.07) is 3.49. The van der Waals surface area contributed by atoms with E-state index in [0.717, 1.165) is 37.2 Å². The van der Waals surface area contributed by atoms with Crippen molar-refractivity contribution in [3.63, 3.8) is 0 Å². The molecule has 0 radical (unpaired) electrons. The van der Waals surface area contributed by atoms with Gasteiger partial charge in [-0.05, 0) is 64.4 Å². The molecule has 4 rings (SSSR count). The molecular formula is C20H25F2N7O2. The first kappa shape index (κ1) is 22.6. The summed E-state index contributed by atoms with van der Waals surface area (Å²) < 4.78 is 31.8. The minimum Gasteiger partial charge on any atom is -0.415 e. The van der Waals surface area contributed by atoms with E-state index in [1.165, 1.54) is 26.0 Å². The van der Waals surface area contributed by atoms with Crippen LogP contribution in [0.1, 0.15) is 43.5 Å². The zero-order chi connectivity index (χ0) is 22.2. The van der Waals surface area contributed by atoms with Crippen molar-refractivity contribution < 1.29 is 18.0 Å². The maximum Gasteiger partial charge on any atom is 0.314 e. The molecule has 3 aromatic heterocycles. The normalized spacial score (nSPS) is 15.0. The van der Waals surface area contributed by atoms with Gasteiger partial charge in [-0.1, -0.05) is 5.21 Å². The van der Waals surface area contributed by atoms with Gasteiger partial charge in [-0.25, -0.2) is 4.68 Å². The first-order valence-corrected chi connectivity index (χ1v) is 10.0. The van der Waals surface area contributed by atoms with Gasteiger partial charge in [-0.3, -0.25) is 4.98 Å². The standard InChI is InChI=1S/C18H21F2N7O.C2H4O/c1-26-6-4-12(5-7-26)8-15-11-27(25-22-15)10-14-3-2-13(9-21-14)17-23-24-18(28-17)16(19)20;1-2-3/h2-3,9,11-12,16H,4-8,10H2,1H3;2H,1H3. The highest BCUT2D eigenvalue weighted by Gasteiger charge is 2.19. The second-order valence-electron chi connectivity index (χ2n) is 7.38. The van der Waals surface area contributed by atoms with E-state index in [-0.39, 0.29) is 5.89 Å². The van der Waals surface area contributed by atoms with E-state index in [0.29, 0.717) is 18.0 Å². The largest absolute Gasteiger partial charge is 0.415 e. The smallest absolute Gasteiger partial charge is 0.314 e. The zero-order valence-electron chi connectivity index (χ0n) is 17.5. The van der Waals surface area contributed by atoms with Crippen LogP contribution in [-0.4, -0.2) is 61.5 Å². The fourth-order valence-electron chi connectivity index (χ4n) is 3.32. The van der Waals surface area contributed by atoms with Crippen LogP contribution in [0.4, 0.5) is 8.78 Å². The summed E-state index contributed by atoms with van der Waals surface area (Å²) in [4.78, 5) is 15.5. The van der Waals surface area contributed by atoms with Crippen molar-refractivity contribution in [2.24, 2.45) is 5.92 Å². The lowest BCUT2D eigenvalue weighted by Crippen LogP contribution is -2.31. The topological polar surface area (TPSA) is 103 Å². The number of carbonyl (C=O) groups is 1. The molecule has 9 nitrogen and oxygen atoms in total. The van der Waals surface area contributed by atoms with E-state index in [9.17, 15) is 8.78 Å². The van der Waals surface area contributed by atoms with Crippen molar-refractivity contribution in [1.29, 1.82) is 0 Å². The molecule has 0 unspecified atom stereocenters. The number of rotatable bonds is 6. The lowest BCUT2D eigenvalue weighted by molar-refractivity contribution is -0.106. The fourth-order valence-corrected chi connectivity index (χ4v) is 3.32. The molecule has 31 heavy (non-hydrogen) atoms. The molecule has 0 aromatic carbocycles. The van der Waals surface area contributed by atoms with E-state index in [2.05, 4.69) is 37.4 Å². The zero-order valence-corrected chi connectivity index (χ0v) is 17.5. The van der Waals surface area contributed by atoms with Crippen LogP contribution in [0.5, 0.6) is 0 Å². The number of likely N-dealkylation sites (tertiary alicyclic amines) is 1. The number of nitrogens with zero attached hydrogens (tertiary/aromatic N) is 7. The van der Waals surface area contributed by atoms with Gasteiger partial charge in [0, 0.05) is 12.4 Å². The Hall–Kier alpha value is -3.08. The SMILES string of the molecule is CC=O.CN1CCC(Cc2cn(Cc3ccc(-c4nnc(C(F)F)o4)cn3)nn2)CC1. The van der Waals surface area contributed by atoms with Gasteiger partial charge in [0.05, 0.1) is 23.5 Å². The van der Waals surface area contributed by atoms with Crippen LogP contribution in [0.2, 0.25) is 0 Å². The Bertz CT molecular complexity index is 951. The van der Waals surface area contributed by atoms with Crippen molar-refractivity contribution >= 4 is 6.29 Å². The Balaban J connectivity index is 0.000000858. The van der Waals surface area contributed by atoms with E-state index in [4.69, 9.17) is 9.21 Å². The van der Waals surface area contributed by atoms with Gasteiger partial charge in [0.15, 0.2) is 0 Å². The Morgan fingerprint density at radius 2 is 1.94 bits per heavy atom. The fraction of sp³-hybridized carbons (Fsp3) is 0.500. The van der Waals surface area contributed by atoms with E-state index in [1.54, 1.807) is 16.8 Å². The number of aromatic nitrogens is 6. The second kappa shape index (κ2) is 10.8. The number of hydrogen-bond acceptors (Lipinski definition) is 8. The monoisotopic (exact) mass is 433 g/mol. The molecule has 0 aliphatic carbocycles. The molecule has 1 aliphatic rings. The average Bonchev–Trinajstić information content (AvgIpc) is 3.41. The van der Waals surface area contributed by atoms with Crippen LogP contribution in [0.3, 0.4) is 0 Å². The van der Waals surface area contributed by atoms with Crippen LogP contribution in [0.25, 0.3) is 11.5 Å². The minimum absolute atomic E-state index is 0.0236. The molecule has 0 saturated carbocycles. The number of alkyl halides is 2. The predicted molar refractivity (Wildman–Crippen MR) is 107 cm³/mol. The lowest BCUT2D eigenvalue weighted by atomic mass is 9.93. The van der Waals surface area contributed by atoms with Crippen molar-refractivity contribution in [2.75, 3.05) is 20.1 Å². The summed E-state index contributed by atoms with van der Waals surface area (Å²) in [6.45, 7) is 4.19. The molecule has 0 bridgehead atoms. The van der Waals surface area contributed by atoms with E-state index < -0.39 is 12.3 Å². The first-order valence-electron chi connectivity index (χ1n) is 10.0. The van der Waals surface area contributed by atoms with Crippen LogP contribution in [0.15, 0.2) is 28.9 Å². The van der Waals surface area contributed by atoms with Gasteiger partial charge < -0.3 is 14.1 Å². The van der Waals surface area contributed by atoms with Gasteiger partial charge in [0.2, 0.25) is 5.89 Å². The average molecular weight is 433 g/mol. The maximum absolute atomic E-state index is 12.5. The summed E-state index contributed by atoms with van der Waals surface area (Å²) >= 11 is 0. The van der Waals surface area contributed by atoms with Crippen LogP contribution in [0, 0.1) is 5.92 Å². The quantitative estimate of drug-likeness (QED) is 0.547. The number of piperidine rings is 1. The third-order valence-corrected chi connectivity index (χ3v) is 4.95. The van der Waals surface area contributed by atoms with Gasteiger partial charge in [-0.2, -0.15) is 8.78 Å². The highest BCUT2D eigenvalue weighted by molar-refractivity contribution is 5.50. The summed E-state index contributed by atoms with van der Waals surface area (Å²) in [5.41, 5.74) is 2.26. The van der Waals surface area contributed by atoms with Gasteiger partial charge in [0.25, 0.3) is 5.89 Å². The highest BCUT2D eigenvalue weighted by atomic mass is 19.3. The third-order valence-electron chi connectivity index (χ3n) is 4.95. The van der Waals surface area contributed by atoms with E-state index >= 15 is 0 Å². The molecular weight excluding hydrogens is 408 g/mol. The predicted octanol–water partition coefficient (Wildman–Crippen LogP) is 2.80. The molecule has 11 heteroatoms. The van der Waals surface area contributed by atoms with Crippen LogP contribution in [-0.2, 0) is 17.8 Å². The molecule has 166 valence electrons. The minimum atomic E-state index is -2.79. The lowest BCUT2D eigenvalue weighted by Gasteiger charge is -2.28. The molecule has 0 amide bonds. The summed E-state index contributed by atoms with van der Waals surface area (Å²) in [5.74, 6) is -0.0133. The summed E-state index contributed by atoms with van der Waals surface area (Å²) in [5, 5.41) is 15.4. The maximum atomic E-state index is 12.5. The molecule has 0 N–H and O–H groups in total. The Morgan fingerprint density at radius 1 is 1.19 bits per heavy atom. The van der Waals surface area contributed by atoms with Crippen LogP contribution < -0.4 is 0 Å².